The summed E-state index contributed by atoms with van der Waals surface area (Å²) in [6.45, 7) is 5.79. The minimum Gasteiger partial charge on any atom is -0.234 e. The van der Waals surface area contributed by atoms with Crippen molar-refractivity contribution in [2.24, 2.45) is 4.40 Å². The van der Waals surface area contributed by atoms with Crippen molar-refractivity contribution >= 4 is 17.2 Å². The van der Waals surface area contributed by atoms with Crippen molar-refractivity contribution in [2.75, 3.05) is 0 Å². The predicted octanol–water partition coefficient (Wildman–Crippen LogP) is 3.45. The van der Waals surface area contributed by atoms with Gasteiger partial charge in [-0.15, -0.1) is 0 Å². The largest absolute Gasteiger partial charge is 0.234 e. The third-order valence-electron chi connectivity index (χ3n) is 2.78. The summed E-state index contributed by atoms with van der Waals surface area (Å²) in [6.07, 6.45) is 4.33. The van der Waals surface area contributed by atoms with Crippen LogP contribution < -0.4 is 0 Å². The molecule has 1 atom stereocenters. The molecule has 1 aromatic carbocycles. The lowest BCUT2D eigenvalue weighted by molar-refractivity contribution is 0.651. The third kappa shape index (κ3) is 3.50. The van der Waals surface area contributed by atoms with Crippen LogP contribution in [0.3, 0.4) is 0 Å². The molecule has 1 unspecified atom stereocenters. The molecular weight excluding hydrogens is 230 g/mol. The lowest BCUT2D eigenvalue weighted by Crippen LogP contribution is -2.19. The zero-order valence-corrected chi connectivity index (χ0v) is 11.5. The number of hydrogen-bond donors (Lipinski definition) is 0. The van der Waals surface area contributed by atoms with E-state index in [1.807, 2.05) is 26.8 Å². The Labute approximate surface area is 106 Å². The Morgan fingerprint density at radius 2 is 2.06 bits per heavy atom. The molecule has 0 aliphatic heterocycles. The van der Waals surface area contributed by atoms with E-state index in [1.54, 1.807) is 6.21 Å². The summed E-state index contributed by atoms with van der Waals surface area (Å²) in [4.78, 5) is 0. The second-order valence-electron chi connectivity index (χ2n) is 5.54. The Balaban J connectivity index is 2.10. The van der Waals surface area contributed by atoms with Crippen LogP contribution in [0.5, 0.6) is 0 Å². The smallest absolute Gasteiger partial charge is 0.144 e. The summed E-state index contributed by atoms with van der Waals surface area (Å²) in [5, 5.41) is 0. The molecule has 0 saturated heterocycles. The quantitative estimate of drug-likeness (QED) is 0.754. The molecule has 3 heteroatoms. The maximum atomic E-state index is 11.8. The minimum atomic E-state index is -1.17. The van der Waals surface area contributed by atoms with Gasteiger partial charge >= 0.3 is 0 Å². The summed E-state index contributed by atoms with van der Waals surface area (Å²) >= 11 is 0. The fraction of sp³-hybridized carbons (Fsp3) is 0.500. The summed E-state index contributed by atoms with van der Waals surface area (Å²) in [5.74, 6) is 0.747. The highest BCUT2D eigenvalue weighted by molar-refractivity contribution is 7.85. The lowest BCUT2D eigenvalue weighted by Gasteiger charge is -2.12. The van der Waals surface area contributed by atoms with Gasteiger partial charge in [0, 0.05) is 6.21 Å². The van der Waals surface area contributed by atoms with Crippen molar-refractivity contribution in [1.82, 2.24) is 0 Å². The molecule has 0 bridgehead atoms. The lowest BCUT2D eigenvalue weighted by atomic mass is 10.1. The van der Waals surface area contributed by atoms with Crippen LogP contribution in [-0.4, -0.2) is 15.2 Å². The number of nitrogens with zero attached hydrogens (tertiary/aromatic N) is 1. The predicted molar refractivity (Wildman–Crippen MR) is 73.9 cm³/mol. The van der Waals surface area contributed by atoms with Crippen LogP contribution in [0, 0.1) is 0 Å². The van der Waals surface area contributed by atoms with E-state index in [4.69, 9.17) is 0 Å². The van der Waals surface area contributed by atoms with E-state index in [1.165, 1.54) is 18.4 Å². The number of benzene rings is 1. The molecular formula is C14H19NOS. The molecule has 1 aromatic rings. The van der Waals surface area contributed by atoms with E-state index in [9.17, 15) is 4.21 Å². The van der Waals surface area contributed by atoms with Crippen molar-refractivity contribution in [3.05, 3.63) is 35.4 Å². The highest BCUT2D eigenvalue weighted by atomic mass is 32.2. The Bertz CT molecular complexity index is 456. The first-order valence-electron chi connectivity index (χ1n) is 6.03. The first-order chi connectivity index (χ1) is 7.97. The summed E-state index contributed by atoms with van der Waals surface area (Å²) < 4.78 is 15.6. The monoisotopic (exact) mass is 249 g/mol. The third-order valence-corrected chi connectivity index (χ3v) is 4.13. The van der Waals surface area contributed by atoms with Crippen molar-refractivity contribution in [2.45, 2.75) is 44.3 Å². The van der Waals surface area contributed by atoms with Gasteiger partial charge in [0.05, 0.1) is 4.75 Å². The molecule has 0 N–H and O–H groups in total. The molecule has 2 rings (SSSR count). The van der Waals surface area contributed by atoms with Gasteiger partial charge in [-0.25, -0.2) is 4.21 Å². The standard InChI is InChI=1S/C14H19NOS/c1-14(2,3)17(16)15-10-11-5-4-6-13(9-11)12-7-8-12/h4-6,9-10,12H,7-8H2,1-3H3. The fourth-order valence-electron chi connectivity index (χ4n) is 1.58. The molecule has 17 heavy (non-hydrogen) atoms. The van der Waals surface area contributed by atoms with Gasteiger partial charge in [-0.05, 0) is 56.7 Å². The molecule has 0 radical (unpaired) electrons. The molecule has 0 amide bonds. The van der Waals surface area contributed by atoms with Gasteiger partial charge in [0.25, 0.3) is 0 Å². The number of rotatable bonds is 3. The molecule has 0 spiro atoms. The highest BCUT2D eigenvalue weighted by Gasteiger charge is 2.23. The van der Waals surface area contributed by atoms with Crippen LogP contribution in [0.25, 0.3) is 0 Å². The normalized spacial score (nSPS) is 18.5. The SMILES string of the molecule is CC(C)(C)S(=O)N=Cc1cccc(C2CC2)c1. The van der Waals surface area contributed by atoms with Gasteiger partial charge < -0.3 is 0 Å². The van der Waals surface area contributed by atoms with Crippen molar-refractivity contribution < 1.29 is 4.21 Å². The Hall–Kier alpha value is -0.960. The Morgan fingerprint density at radius 3 is 2.65 bits per heavy atom. The summed E-state index contributed by atoms with van der Waals surface area (Å²) in [5.41, 5.74) is 2.43. The first kappa shape index (κ1) is 12.5. The van der Waals surface area contributed by atoms with Gasteiger partial charge in [0.1, 0.15) is 11.0 Å². The minimum absolute atomic E-state index is 0.287. The molecule has 2 nitrogen and oxygen atoms in total. The number of hydrogen-bond acceptors (Lipinski definition) is 1. The average Bonchev–Trinajstić information content (AvgIpc) is 3.08. The molecule has 1 saturated carbocycles. The highest BCUT2D eigenvalue weighted by Crippen LogP contribution is 2.39. The van der Waals surface area contributed by atoms with Gasteiger partial charge in [-0.1, -0.05) is 18.2 Å². The Morgan fingerprint density at radius 1 is 1.35 bits per heavy atom. The Kier molecular flexibility index (Phi) is 3.48. The fourth-order valence-corrected chi connectivity index (χ4v) is 2.11. The molecule has 1 aliphatic carbocycles. The van der Waals surface area contributed by atoms with Crippen molar-refractivity contribution in [3.8, 4) is 0 Å². The molecule has 92 valence electrons. The first-order valence-corrected chi connectivity index (χ1v) is 7.13. The van der Waals surface area contributed by atoms with Crippen LogP contribution in [-0.2, 0) is 11.0 Å². The summed E-state index contributed by atoms with van der Waals surface area (Å²) in [6, 6.07) is 8.38. The van der Waals surface area contributed by atoms with Crippen LogP contribution in [0.15, 0.2) is 28.7 Å². The summed E-state index contributed by atoms with van der Waals surface area (Å²) in [7, 11) is -1.17. The maximum absolute atomic E-state index is 11.8. The van der Waals surface area contributed by atoms with Crippen molar-refractivity contribution in [3.63, 3.8) is 0 Å². The van der Waals surface area contributed by atoms with E-state index in [0.29, 0.717) is 0 Å². The van der Waals surface area contributed by atoms with E-state index in [2.05, 4.69) is 22.6 Å². The van der Waals surface area contributed by atoms with E-state index in [0.717, 1.165) is 11.5 Å². The average molecular weight is 249 g/mol. The second-order valence-corrected chi connectivity index (χ2v) is 7.47. The van der Waals surface area contributed by atoms with Gasteiger partial charge in [-0.2, -0.15) is 4.40 Å². The molecule has 0 aromatic heterocycles. The van der Waals surface area contributed by atoms with Gasteiger partial charge in [-0.3, -0.25) is 0 Å². The maximum Gasteiger partial charge on any atom is 0.144 e. The molecule has 1 fully saturated rings. The van der Waals surface area contributed by atoms with Crippen LogP contribution >= 0.6 is 0 Å². The zero-order chi connectivity index (χ0) is 12.5. The van der Waals surface area contributed by atoms with Crippen LogP contribution in [0.1, 0.15) is 50.7 Å². The van der Waals surface area contributed by atoms with Crippen LogP contribution in [0.2, 0.25) is 0 Å². The van der Waals surface area contributed by atoms with Crippen molar-refractivity contribution in [1.29, 1.82) is 0 Å². The topological polar surface area (TPSA) is 29.4 Å². The van der Waals surface area contributed by atoms with Gasteiger partial charge in [0.2, 0.25) is 0 Å². The molecule has 1 aliphatic rings. The second kappa shape index (κ2) is 4.73. The van der Waals surface area contributed by atoms with E-state index in [-0.39, 0.29) is 4.75 Å². The molecule has 0 heterocycles. The van der Waals surface area contributed by atoms with Gasteiger partial charge in [0.15, 0.2) is 0 Å². The van der Waals surface area contributed by atoms with E-state index < -0.39 is 11.0 Å². The zero-order valence-electron chi connectivity index (χ0n) is 10.6. The van der Waals surface area contributed by atoms with Crippen LogP contribution in [0.4, 0.5) is 0 Å². The van der Waals surface area contributed by atoms with E-state index >= 15 is 0 Å².